The first-order chi connectivity index (χ1) is 14.5. The summed E-state index contributed by atoms with van der Waals surface area (Å²) in [6, 6.07) is 14.0. The van der Waals surface area contributed by atoms with Crippen molar-refractivity contribution in [2.24, 2.45) is 0 Å². The van der Waals surface area contributed by atoms with E-state index in [1.807, 2.05) is 43.3 Å². The number of rotatable bonds is 8. The van der Waals surface area contributed by atoms with Crippen LogP contribution >= 0.6 is 0 Å². The zero-order valence-corrected chi connectivity index (χ0v) is 17.0. The lowest BCUT2D eigenvalue weighted by molar-refractivity contribution is -0.156. The molecule has 0 fully saturated rings. The van der Waals surface area contributed by atoms with Crippen molar-refractivity contribution in [2.45, 2.75) is 32.4 Å². The van der Waals surface area contributed by atoms with Gasteiger partial charge in [0.05, 0.1) is 12.8 Å². The fourth-order valence-corrected chi connectivity index (χ4v) is 2.89. The van der Waals surface area contributed by atoms with Crippen molar-refractivity contribution in [3.63, 3.8) is 0 Å². The molecule has 0 saturated heterocycles. The molecule has 0 bridgehead atoms. The Hall–Kier alpha value is -3.75. The summed E-state index contributed by atoms with van der Waals surface area (Å²) in [6.45, 7) is 3.41. The van der Waals surface area contributed by atoms with Gasteiger partial charge in [-0.15, -0.1) is 5.10 Å². The van der Waals surface area contributed by atoms with E-state index in [-0.39, 0.29) is 0 Å². The van der Waals surface area contributed by atoms with Crippen molar-refractivity contribution in [2.75, 3.05) is 12.4 Å². The maximum atomic E-state index is 12.8. The van der Waals surface area contributed by atoms with Crippen LogP contribution in [0.25, 0.3) is 0 Å². The molecule has 0 saturated carbocycles. The van der Waals surface area contributed by atoms with Crippen LogP contribution in [0.3, 0.4) is 0 Å². The van der Waals surface area contributed by atoms with Crippen LogP contribution in [-0.2, 0) is 20.7 Å². The molecule has 0 unspecified atom stereocenters. The molecular weight excluding hydrogens is 386 g/mol. The van der Waals surface area contributed by atoms with Crippen LogP contribution in [-0.4, -0.2) is 45.3 Å². The Balaban J connectivity index is 1.70. The second kappa shape index (κ2) is 9.64. The Labute approximate surface area is 174 Å². The second-order valence-corrected chi connectivity index (χ2v) is 6.77. The number of nitrogens with zero attached hydrogens (tertiary/aromatic N) is 4. The molecule has 9 heteroatoms. The van der Waals surface area contributed by atoms with Gasteiger partial charge in [0.25, 0.3) is 5.91 Å². The van der Waals surface area contributed by atoms with E-state index in [1.165, 1.54) is 25.0 Å². The smallest absolute Gasteiger partial charge is 0.332 e. The van der Waals surface area contributed by atoms with Gasteiger partial charge in [-0.3, -0.25) is 4.79 Å². The molecule has 1 amide bonds. The topological polar surface area (TPSA) is 108 Å². The summed E-state index contributed by atoms with van der Waals surface area (Å²) in [7, 11) is 1.52. The maximum absolute atomic E-state index is 12.8. The van der Waals surface area contributed by atoms with Crippen LogP contribution < -0.4 is 10.1 Å². The summed E-state index contributed by atoms with van der Waals surface area (Å²) in [5.74, 6) is -0.560. The standard InChI is InChI=1S/C21H23N5O4/c1-14-9-10-19(29-3)17(11-14)23-20(27)15(2)30-21(28)18(26-13-22-24-25-26)12-16-7-5-4-6-8-16/h4-11,13,15,18H,12H2,1-3H3,(H,23,27)/t15-,18-/m1/s1. The van der Waals surface area contributed by atoms with Crippen molar-refractivity contribution >= 4 is 17.6 Å². The third-order valence-electron chi connectivity index (χ3n) is 4.50. The Morgan fingerprint density at radius 1 is 1.17 bits per heavy atom. The van der Waals surface area contributed by atoms with Gasteiger partial charge in [-0.2, -0.15) is 0 Å². The molecule has 0 aliphatic rings. The maximum Gasteiger partial charge on any atom is 0.332 e. The van der Waals surface area contributed by atoms with E-state index < -0.39 is 24.0 Å². The number of amides is 1. The molecule has 1 aromatic heterocycles. The Morgan fingerprint density at radius 3 is 2.60 bits per heavy atom. The number of carbonyl (C=O) groups excluding carboxylic acids is 2. The molecule has 1 N–H and O–H groups in total. The Kier molecular flexibility index (Phi) is 6.74. The van der Waals surface area contributed by atoms with Gasteiger partial charge in [0.1, 0.15) is 12.1 Å². The Morgan fingerprint density at radius 2 is 1.93 bits per heavy atom. The largest absolute Gasteiger partial charge is 0.495 e. The van der Waals surface area contributed by atoms with Crippen LogP contribution in [0.15, 0.2) is 54.9 Å². The van der Waals surface area contributed by atoms with Gasteiger partial charge in [-0.1, -0.05) is 36.4 Å². The highest BCUT2D eigenvalue weighted by Gasteiger charge is 2.28. The number of ether oxygens (including phenoxy) is 2. The Bertz CT molecular complexity index is 992. The molecule has 9 nitrogen and oxygen atoms in total. The minimum atomic E-state index is -1.03. The van der Waals surface area contributed by atoms with Gasteiger partial charge in [0, 0.05) is 6.42 Å². The van der Waals surface area contributed by atoms with Crippen LogP contribution in [0.5, 0.6) is 5.75 Å². The van der Waals surface area contributed by atoms with Crippen molar-refractivity contribution in [1.29, 1.82) is 0 Å². The first-order valence-corrected chi connectivity index (χ1v) is 9.40. The fourth-order valence-electron chi connectivity index (χ4n) is 2.89. The van der Waals surface area contributed by atoms with Crippen molar-refractivity contribution in [1.82, 2.24) is 20.2 Å². The second-order valence-electron chi connectivity index (χ2n) is 6.77. The average molecular weight is 409 g/mol. The normalized spacial score (nSPS) is 12.6. The molecular formula is C21H23N5O4. The predicted molar refractivity (Wildman–Crippen MR) is 109 cm³/mol. The summed E-state index contributed by atoms with van der Waals surface area (Å²) >= 11 is 0. The number of anilines is 1. The molecule has 0 aliphatic heterocycles. The minimum Gasteiger partial charge on any atom is -0.495 e. The van der Waals surface area contributed by atoms with E-state index in [1.54, 1.807) is 12.1 Å². The molecule has 3 aromatic rings. The average Bonchev–Trinajstić information content (AvgIpc) is 3.27. The van der Waals surface area contributed by atoms with Crippen LogP contribution in [0, 0.1) is 6.92 Å². The number of hydrogen-bond donors (Lipinski definition) is 1. The molecule has 2 atom stereocenters. The van der Waals surface area contributed by atoms with Gasteiger partial charge in [0.15, 0.2) is 12.1 Å². The van der Waals surface area contributed by atoms with Crippen LogP contribution in [0.4, 0.5) is 5.69 Å². The lowest BCUT2D eigenvalue weighted by Crippen LogP contribution is -2.34. The molecule has 2 aromatic carbocycles. The van der Waals surface area contributed by atoms with E-state index in [9.17, 15) is 9.59 Å². The highest BCUT2D eigenvalue weighted by Crippen LogP contribution is 2.25. The summed E-state index contributed by atoms with van der Waals surface area (Å²) in [4.78, 5) is 25.5. The number of carbonyl (C=O) groups is 2. The summed E-state index contributed by atoms with van der Waals surface area (Å²) in [5.41, 5.74) is 2.38. The first-order valence-electron chi connectivity index (χ1n) is 9.40. The monoisotopic (exact) mass is 409 g/mol. The summed E-state index contributed by atoms with van der Waals surface area (Å²) in [6.07, 6.45) is 0.639. The van der Waals surface area contributed by atoms with E-state index in [4.69, 9.17) is 9.47 Å². The van der Waals surface area contributed by atoms with Gasteiger partial charge in [0.2, 0.25) is 0 Å². The third-order valence-corrected chi connectivity index (χ3v) is 4.50. The number of hydrogen-bond acceptors (Lipinski definition) is 7. The van der Waals surface area contributed by atoms with Gasteiger partial charge in [-0.05, 0) is 47.5 Å². The highest BCUT2D eigenvalue weighted by molar-refractivity contribution is 5.96. The number of benzene rings is 2. The molecule has 0 spiro atoms. The van der Waals surface area contributed by atoms with E-state index >= 15 is 0 Å². The van der Waals surface area contributed by atoms with Crippen molar-refractivity contribution < 1.29 is 19.1 Å². The zero-order valence-electron chi connectivity index (χ0n) is 17.0. The number of tetrazole rings is 1. The third kappa shape index (κ3) is 5.19. The molecule has 3 rings (SSSR count). The molecule has 0 aliphatic carbocycles. The van der Waals surface area contributed by atoms with Gasteiger partial charge < -0.3 is 14.8 Å². The lowest BCUT2D eigenvalue weighted by Gasteiger charge is -2.19. The van der Waals surface area contributed by atoms with E-state index in [2.05, 4.69) is 20.8 Å². The molecule has 156 valence electrons. The van der Waals surface area contributed by atoms with E-state index in [0.717, 1.165) is 11.1 Å². The van der Waals surface area contributed by atoms with Gasteiger partial charge >= 0.3 is 5.97 Å². The minimum absolute atomic E-state index is 0.324. The summed E-state index contributed by atoms with van der Waals surface area (Å²) in [5, 5.41) is 13.8. The molecule has 30 heavy (non-hydrogen) atoms. The highest BCUT2D eigenvalue weighted by atomic mass is 16.5. The predicted octanol–water partition coefficient (Wildman–Crippen LogP) is 2.34. The van der Waals surface area contributed by atoms with Crippen LogP contribution in [0.1, 0.15) is 24.1 Å². The number of nitrogens with one attached hydrogen (secondary N) is 1. The number of aryl methyl sites for hydroxylation is 1. The first kappa shape index (κ1) is 21.0. The van der Waals surface area contributed by atoms with Crippen molar-refractivity contribution in [3.05, 3.63) is 66.0 Å². The van der Waals surface area contributed by atoms with Crippen LogP contribution in [0.2, 0.25) is 0 Å². The molecule has 0 radical (unpaired) electrons. The fraction of sp³-hybridized carbons (Fsp3) is 0.286. The number of esters is 1. The number of aromatic nitrogens is 4. The summed E-state index contributed by atoms with van der Waals surface area (Å²) < 4.78 is 12.0. The van der Waals surface area contributed by atoms with Crippen molar-refractivity contribution in [3.8, 4) is 5.75 Å². The molecule has 1 heterocycles. The zero-order chi connectivity index (χ0) is 21.5. The quantitative estimate of drug-likeness (QED) is 0.569. The van der Waals surface area contributed by atoms with Gasteiger partial charge in [-0.25, -0.2) is 9.48 Å². The number of methoxy groups -OCH3 is 1. The lowest BCUT2D eigenvalue weighted by atomic mass is 10.1. The SMILES string of the molecule is COc1ccc(C)cc1NC(=O)[C@@H](C)OC(=O)[C@@H](Cc1ccccc1)n1cnnn1. The van der Waals surface area contributed by atoms with E-state index in [0.29, 0.717) is 17.9 Å².